The average Bonchev–Trinajstić information content (AvgIpc) is 2.68. The van der Waals surface area contributed by atoms with Crippen molar-refractivity contribution in [1.82, 2.24) is 5.32 Å². The molecule has 2 aliphatic heterocycles. The van der Waals surface area contributed by atoms with Gasteiger partial charge in [-0.2, -0.15) is 0 Å². The van der Waals surface area contributed by atoms with E-state index in [9.17, 15) is 4.79 Å². The van der Waals surface area contributed by atoms with Crippen molar-refractivity contribution in [3.05, 3.63) is 28.2 Å². The molecular weight excluding hydrogens is 292 g/mol. The van der Waals surface area contributed by atoms with Crippen molar-refractivity contribution in [2.45, 2.75) is 13.3 Å². The van der Waals surface area contributed by atoms with Gasteiger partial charge in [0.1, 0.15) is 0 Å². The molecule has 1 aromatic carbocycles. The number of nitrogens with one attached hydrogen (secondary N) is 1. The highest BCUT2D eigenvalue weighted by atomic mass is 79.9. The molecule has 4 heteroatoms. The van der Waals surface area contributed by atoms with Gasteiger partial charge in [-0.15, -0.1) is 0 Å². The molecule has 0 aromatic heterocycles. The Morgan fingerprint density at radius 3 is 2.94 bits per heavy atom. The summed E-state index contributed by atoms with van der Waals surface area (Å²) in [5.74, 6) is 0.906. The molecule has 18 heavy (non-hydrogen) atoms. The molecule has 1 aromatic rings. The molecule has 1 atom stereocenters. The maximum absolute atomic E-state index is 12.5. The van der Waals surface area contributed by atoms with E-state index in [0.29, 0.717) is 5.92 Å². The van der Waals surface area contributed by atoms with Gasteiger partial charge in [0, 0.05) is 22.6 Å². The molecule has 0 radical (unpaired) electrons. The number of carbonyl (C=O) groups excluding carboxylic acids is 1. The quantitative estimate of drug-likeness (QED) is 0.908. The first-order chi connectivity index (χ1) is 8.66. The van der Waals surface area contributed by atoms with E-state index in [2.05, 4.69) is 40.3 Å². The molecule has 1 N–H and O–H groups in total. The normalized spacial score (nSPS) is 20.4. The molecule has 0 aliphatic carbocycles. The van der Waals surface area contributed by atoms with Crippen LogP contribution >= 0.6 is 15.9 Å². The summed E-state index contributed by atoms with van der Waals surface area (Å²) in [5.41, 5.74) is 2.37. The topological polar surface area (TPSA) is 32.3 Å². The second-order valence-electron chi connectivity index (χ2n) is 5.22. The van der Waals surface area contributed by atoms with E-state index in [1.54, 1.807) is 0 Å². The maximum Gasteiger partial charge on any atom is 0.230 e. The van der Waals surface area contributed by atoms with E-state index in [4.69, 9.17) is 0 Å². The number of benzene rings is 1. The lowest BCUT2D eigenvalue weighted by atomic mass is 9.88. The molecule has 1 amide bonds. The number of halogens is 1. The van der Waals surface area contributed by atoms with Gasteiger partial charge >= 0.3 is 0 Å². The Morgan fingerprint density at radius 1 is 1.50 bits per heavy atom. The van der Waals surface area contributed by atoms with Crippen LogP contribution in [0.5, 0.6) is 0 Å². The van der Waals surface area contributed by atoms with Crippen molar-refractivity contribution >= 4 is 27.5 Å². The summed E-state index contributed by atoms with van der Waals surface area (Å²) in [6.07, 6.45) is 0.976. The first-order valence-electron chi connectivity index (χ1n) is 6.47. The van der Waals surface area contributed by atoms with Crippen molar-refractivity contribution in [2.24, 2.45) is 11.8 Å². The summed E-state index contributed by atoms with van der Waals surface area (Å²) in [7, 11) is 0. The lowest BCUT2D eigenvalue weighted by Crippen LogP contribution is -2.50. The third-order valence-electron chi connectivity index (χ3n) is 4.12. The lowest BCUT2D eigenvalue weighted by molar-refractivity contribution is -0.123. The second kappa shape index (κ2) is 4.67. The minimum atomic E-state index is 0.121. The van der Waals surface area contributed by atoms with Crippen LogP contribution in [0, 0.1) is 11.8 Å². The summed E-state index contributed by atoms with van der Waals surface area (Å²) < 4.78 is 1.04. The molecule has 3 rings (SSSR count). The van der Waals surface area contributed by atoms with Gasteiger partial charge < -0.3 is 10.2 Å². The minimum Gasteiger partial charge on any atom is -0.316 e. The number of fused-ring (bicyclic) bond motifs is 1. The van der Waals surface area contributed by atoms with Gasteiger partial charge in [0.2, 0.25) is 5.91 Å². The highest BCUT2D eigenvalue weighted by molar-refractivity contribution is 9.10. The molecule has 1 fully saturated rings. The number of amides is 1. The number of carbonyl (C=O) groups is 1. The van der Waals surface area contributed by atoms with Gasteiger partial charge in [-0.25, -0.2) is 0 Å². The predicted molar refractivity (Wildman–Crippen MR) is 75.7 cm³/mol. The first-order valence-corrected chi connectivity index (χ1v) is 7.26. The van der Waals surface area contributed by atoms with Crippen LogP contribution in [0.2, 0.25) is 0 Å². The van der Waals surface area contributed by atoms with Crippen molar-refractivity contribution in [3.63, 3.8) is 0 Å². The van der Waals surface area contributed by atoms with Crippen molar-refractivity contribution in [3.8, 4) is 0 Å². The molecule has 96 valence electrons. The third-order valence-corrected chi connectivity index (χ3v) is 4.61. The van der Waals surface area contributed by atoms with Crippen LogP contribution in [0.1, 0.15) is 12.5 Å². The zero-order chi connectivity index (χ0) is 12.7. The molecule has 0 spiro atoms. The number of rotatable bonds is 2. The van der Waals surface area contributed by atoms with E-state index in [0.717, 1.165) is 36.2 Å². The zero-order valence-electron chi connectivity index (χ0n) is 10.4. The minimum absolute atomic E-state index is 0.121. The monoisotopic (exact) mass is 308 g/mol. The first kappa shape index (κ1) is 12.2. The number of anilines is 1. The van der Waals surface area contributed by atoms with E-state index in [-0.39, 0.29) is 11.8 Å². The smallest absolute Gasteiger partial charge is 0.230 e. The largest absolute Gasteiger partial charge is 0.316 e. The molecule has 2 aliphatic rings. The Morgan fingerprint density at radius 2 is 2.28 bits per heavy atom. The van der Waals surface area contributed by atoms with Gasteiger partial charge in [0.15, 0.2) is 0 Å². The van der Waals surface area contributed by atoms with E-state index in [1.807, 2.05) is 11.0 Å². The van der Waals surface area contributed by atoms with Crippen LogP contribution in [0.15, 0.2) is 22.7 Å². The number of hydrogen-bond donors (Lipinski definition) is 1. The average molecular weight is 309 g/mol. The van der Waals surface area contributed by atoms with Crippen molar-refractivity contribution in [2.75, 3.05) is 24.5 Å². The Labute approximate surface area is 116 Å². The van der Waals surface area contributed by atoms with Gasteiger partial charge in [-0.3, -0.25) is 4.79 Å². The van der Waals surface area contributed by atoms with Crippen molar-refractivity contribution in [1.29, 1.82) is 0 Å². The number of hydrogen-bond acceptors (Lipinski definition) is 2. The van der Waals surface area contributed by atoms with Crippen LogP contribution in [0.25, 0.3) is 0 Å². The molecule has 3 nitrogen and oxygen atoms in total. The van der Waals surface area contributed by atoms with Gasteiger partial charge in [-0.05, 0) is 43.1 Å². The molecule has 0 saturated carbocycles. The molecule has 1 unspecified atom stereocenters. The standard InChI is InChI=1S/C14H17BrN2O/c1-9(11-7-16-8-11)14(18)17-5-4-10-2-3-12(15)6-13(10)17/h2-3,6,9,11,16H,4-5,7-8H2,1H3. The van der Waals surface area contributed by atoms with E-state index in [1.165, 1.54) is 5.56 Å². The highest BCUT2D eigenvalue weighted by Crippen LogP contribution is 2.33. The van der Waals surface area contributed by atoms with E-state index < -0.39 is 0 Å². The van der Waals surface area contributed by atoms with Crippen LogP contribution in [-0.2, 0) is 11.2 Å². The molecule has 0 bridgehead atoms. The van der Waals surface area contributed by atoms with Crippen molar-refractivity contribution < 1.29 is 4.79 Å². The van der Waals surface area contributed by atoms with E-state index >= 15 is 0 Å². The fourth-order valence-corrected chi connectivity index (χ4v) is 3.04. The Kier molecular flexibility index (Phi) is 3.16. The van der Waals surface area contributed by atoms with Gasteiger partial charge in [0.25, 0.3) is 0 Å². The maximum atomic E-state index is 12.5. The fraction of sp³-hybridized carbons (Fsp3) is 0.500. The highest BCUT2D eigenvalue weighted by Gasteiger charge is 2.34. The Balaban J connectivity index is 1.82. The van der Waals surface area contributed by atoms with Crippen LogP contribution in [0.4, 0.5) is 5.69 Å². The summed E-state index contributed by atoms with van der Waals surface area (Å²) >= 11 is 3.48. The second-order valence-corrected chi connectivity index (χ2v) is 6.14. The Hall–Kier alpha value is -0.870. The third kappa shape index (κ3) is 1.97. The predicted octanol–water partition coefficient (Wildman–Crippen LogP) is 2.19. The summed E-state index contributed by atoms with van der Waals surface area (Å²) in [5, 5.41) is 3.24. The van der Waals surface area contributed by atoms with Crippen LogP contribution in [-0.4, -0.2) is 25.5 Å². The lowest BCUT2D eigenvalue weighted by Gasteiger charge is -2.34. The zero-order valence-corrected chi connectivity index (χ0v) is 12.0. The molecule has 1 saturated heterocycles. The summed E-state index contributed by atoms with van der Waals surface area (Å²) in [4.78, 5) is 14.5. The van der Waals surface area contributed by atoms with Crippen LogP contribution in [0.3, 0.4) is 0 Å². The number of nitrogens with zero attached hydrogens (tertiary/aromatic N) is 1. The molecule has 2 heterocycles. The van der Waals surface area contributed by atoms with Crippen LogP contribution < -0.4 is 10.2 Å². The fourth-order valence-electron chi connectivity index (χ4n) is 2.69. The Bertz CT molecular complexity index is 485. The SMILES string of the molecule is CC(C(=O)N1CCc2ccc(Br)cc21)C1CNC1. The summed E-state index contributed by atoms with van der Waals surface area (Å²) in [6, 6.07) is 6.22. The summed E-state index contributed by atoms with van der Waals surface area (Å²) in [6.45, 7) is 4.84. The molecular formula is C14H17BrN2O. The van der Waals surface area contributed by atoms with Gasteiger partial charge in [-0.1, -0.05) is 28.9 Å². The van der Waals surface area contributed by atoms with Gasteiger partial charge in [0.05, 0.1) is 0 Å².